The molecule has 3 nitrogen and oxygen atoms in total. The monoisotopic (exact) mass is 119 g/mol. The van der Waals surface area contributed by atoms with Crippen molar-refractivity contribution in [1.29, 1.82) is 0 Å². The molecule has 50 valence electrons. The van der Waals surface area contributed by atoms with Crippen LogP contribution < -0.4 is 5.73 Å². The van der Waals surface area contributed by atoms with E-state index in [0.29, 0.717) is 13.2 Å². The third-order valence-electron chi connectivity index (χ3n) is 0.662. The Morgan fingerprint density at radius 1 is 1.25 bits per heavy atom. The number of rotatable bonds is 4. The largest absolute Gasteiger partial charge is 0.340 e. The van der Waals surface area contributed by atoms with E-state index in [1.165, 1.54) is 0 Å². The molecule has 0 aromatic heterocycles. The van der Waals surface area contributed by atoms with E-state index in [9.17, 15) is 0 Å². The maximum atomic E-state index is 5.25. The molecule has 2 N–H and O–H groups in total. The highest BCUT2D eigenvalue weighted by Crippen LogP contribution is 1.83. The van der Waals surface area contributed by atoms with Crippen molar-refractivity contribution in [3.8, 4) is 0 Å². The van der Waals surface area contributed by atoms with E-state index < -0.39 is 6.41 Å². The summed E-state index contributed by atoms with van der Waals surface area (Å²) in [5.41, 5.74) is 5.25. The molecule has 0 saturated heterocycles. The molecule has 8 heavy (non-hydrogen) atoms. The van der Waals surface area contributed by atoms with Crippen molar-refractivity contribution in [1.82, 2.24) is 0 Å². The van der Waals surface area contributed by atoms with Crippen molar-refractivity contribution < 1.29 is 9.47 Å². The zero-order chi connectivity index (χ0) is 6.41. The summed E-state index contributed by atoms with van der Waals surface area (Å²) in [6.07, 6.45) is -0.537. The molecule has 0 amide bonds. The van der Waals surface area contributed by atoms with E-state index in [0.717, 1.165) is 0 Å². The van der Waals surface area contributed by atoms with Gasteiger partial charge in [-0.2, -0.15) is 0 Å². The molecule has 0 spiro atoms. The minimum atomic E-state index is -0.537. The van der Waals surface area contributed by atoms with Crippen LogP contribution in [0, 0.1) is 0 Å². The lowest BCUT2D eigenvalue weighted by Crippen LogP contribution is -2.26. The number of nitrogens with two attached hydrogens (primary N) is 1. The van der Waals surface area contributed by atoms with Gasteiger partial charge in [-0.05, 0) is 13.8 Å². The highest BCUT2D eigenvalue weighted by Gasteiger charge is 1.95. The fraction of sp³-hybridized carbons (Fsp3) is 1.00. The first-order valence-electron chi connectivity index (χ1n) is 2.80. The summed E-state index contributed by atoms with van der Waals surface area (Å²) in [5, 5.41) is 0. The van der Waals surface area contributed by atoms with Crippen molar-refractivity contribution in [3.63, 3.8) is 0 Å². The Hall–Kier alpha value is -0.120. The molecule has 0 aromatic carbocycles. The van der Waals surface area contributed by atoms with Gasteiger partial charge in [0.05, 0.1) is 0 Å². The van der Waals surface area contributed by atoms with Gasteiger partial charge in [0, 0.05) is 13.2 Å². The van der Waals surface area contributed by atoms with Gasteiger partial charge in [-0.3, -0.25) is 5.73 Å². The quantitative estimate of drug-likeness (QED) is 0.541. The topological polar surface area (TPSA) is 44.5 Å². The average molecular weight is 119 g/mol. The first-order chi connectivity index (χ1) is 3.81. The molecular formula is C5H13NO2. The highest BCUT2D eigenvalue weighted by molar-refractivity contribution is 4.23. The first kappa shape index (κ1) is 7.88. The van der Waals surface area contributed by atoms with Crippen LogP contribution in [0.2, 0.25) is 0 Å². The van der Waals surface area contributed by atoms with Crippen LogP contribution in [0.5, 0.6) is 0 Å². The Kier molecular flexibility index (Phi) is 4.95. The van der Waals surface area contributed by atoms with Gasteiger partial charge in [-0.1, -0.05) is 0 Å². The molecule has 0 saturated carbocycles. The molecule has 0 radical (unpaired) electrons. The number of hydrogen-bond acceptors (Lipinski definition) is 3. The predicted octanol–water partition coefficient (Wildman–Crippen LogP) is 0.302. The maximum absolute atomic E-state index is 5.25. The van der Waals surface area contributed by atoms with E-state index in [1.54, 1.807) is 0 Å². The molecule has 0 aliphatic rings. The molecule has 3 heteroatoms. The number of hydrogen-bond donors (Lipinski definition) is 1. The van der Waals surface area contributed by atoms with Crippen LogP contribution in [-0.4, -0.2) is 19.6 Å². The van der Waals surface area contributed by atoms with Crippen LogP contribution in [0.15, 0.2) is 0 Å². The fourth-order valence-corrected chi connectivity index (χ4v) is 0.377. The van der Waals surface area contributed by atoms with Gasteiger partial charge in [0.25, 0.3) is 0 Å². The molecule has 0 heterocycles. The summed E-state index contributed by atoms with van der Waals surface area (Å²) in [6.45, 7) is 4.94. The Morgan fingerprint density at radius 3 is 1.88 bits per heavy atom. The van der Waals surface area contributed by atoms with Crippen molar-refractivity contribution in [2.24, 2.45) is 5.73 Å². The molecule has 0 atom stereocenters. The standard InChI is InChI=1S/C5H13NO2/c1-3-7-5(6)8-4-2/h5H,3-4,6H2,1-2H3. The first-order valence-corrected chi connectivity index (χ1v) is 2.80. The minimum Gasteiger partial charge on any atom is -0.340 e. The maximum Gasteiger partial charge on any atom is 0.213 e. The Labute approximate surface area is 49.8 Å². The van der Waals surface area contributed by atoms with Crippen LogP contribution in [0.25, 0.3) is 0 Å². The minimum absolute atomic E-state index is 0.537. The normalized spacial score (nSPS) is 10.5. The molecule has 0 aliphatic carbocycles. The van der Waals surface area contributed by atoms with Gasteiger partial charge in [-0.15, -0.1) is 0 Å². The van der Waals surface area contributed by atoms with E-state index in [2.05, 4.69) is 0 Å². The lowest BCUT2D eigenvalue weighted by Gasteiger charge is -2.09. The summed E-state index contributed by atoms with van der Waals surface area (Å²) in [7, 11) is 0. The lowest BCUT2D eigenvalue weighted by molar-refractivity contribution is -0.131. The van der Waals surface area contributed by atoms with E-state index in [4.69, 9.17) is 15.2 Å². The molecule has 0 rings (SSSR count). The van der Waals surface area contributed by atoms with Gasteiger partial charge in [0.1, 0.15) is 0 Å². The highest BCUT2D eigenvalue weighted by atomic mass is 16.7. The third kappa shape index (κ3) is 4.05. The molecular weight excluding hydrogens is 106 g/mol. The Morgan fingerprint density at radius 2 is 1.62 bits per heavy atom. The zero-order valence-corrected chi connectivity index (χ0v) is 5.39. The Balaban J connectivity index is 2.92. The molecule has 0 aromatic rings. The number of ether oxygens (including phenoxy) is 2. The summed E-state index contributed by atoms with van der Waals surface area (Å²) in [5.74, 6) is 0. The molecule has 0 bridgehead atoms. The van der Waals surface area contributed by atoms with E-state index in [-0.39, 0.29) is 0 Å². The van der Waals surface area contributed by atoms with Gasteiger partial charge < -0.3 is 9.47 Å². The van der Waals surface area contributed by atoms with Crippen LogP contribution in [-0.2, 0) is 9.47 Å². The summed E-state index contributed by atoms with van der Waals surface area (Å²) in [4.78, 5) is 0. The summed E-state index contributed by atoms with van der Waals surface area (Å²) >= 11 is 0. The summed E-state index contributed by atoms with van der Waals surface area (Å²) < 4.78 is 9.68. The van der Waals surface area contributed by atoms with Crippen molar-refractivity contribution >= 4 is 0 Å². The van der Waals surface area contributed by atoms with Crippen molar-refractivity contribution in [2.45, 2.75) is 20.3 Å². The van der Waals surface area contributed by atoms with Crippen LogP contribution >= 0.6 is 0 Å². The van der Waals surface area contributed by atoms with Gasteiger partial charge in [0.15, 0.2) is 0 Å². The van der Waals surface area contributed by atoms with E-state index >= 15 is 0 Å². The van der Waals surface area contributed by atoms with Crippen molar-refractivity contribution in [2.75, 3.05) is 13.2 Å². The van der Waals surface area contributed by atoms with Gasteiger partial charge in [-0.25, -0.2) is 0 Å². The second-order valence-corrected chi connectivity index (χ2v) is 1.28. The lowest BCUT2D eigenvalue weighted by atomic mass is 10.8. The molecule has 0 aliphatic heterocycles. The van der Waals surface area contributed by atoms with E-state index in [1.807, 2.05) is 13.8 Å². The fourth-order valence-electron chi connectivity index (χ4n) is 0.377. The summed E-state index contributed by atoms with van der Waals surface area (Å²) in [6, 6.07) is 0. The molecule has 0 unspecified atom stereocenters. The predicted molar refractivity (Wildman–Crippen MR) is 31.2 cm³/mol. The van der Waals surface area contributed by atoms with Crippen molar-refractivity contribution in [3.05, 3.63) is 0 Å². The average Bonchev–Trinajstić information content (AvgIpc) is 1.68. The third-order valence-corrected chi connectivity index (χ3v) is 0.662. The second kappa shape index (κ2) is 5.03. The van der Waals surface area contributed by atoms with Crippen LogP contribution in [0.4, 0.5) is 0 Å². The van der Waals surface area contributed by atoms with Gasteiger partial charge >= 0.3 is 0 Å². The molecule has 0 fully saturated rings. The smallest absolute Gasteiger partial charge is 0.213 e. The van der Waals surface area contributed by atoms with Crippen LogP contribution in [0.1, 0.15) is 13.8 Å². The second-order valence-electron chi connectivity index (χ2n) is 1.28. The SMILES string of the molecule is CCOC(N)OCC. The zero-order valence-electron chi connectivity index (χ0n) is 5.39. The van der Waals surface area contributed by atoms with Gasteiger partial charge in [0.2, 0.25) is 6.41 Å². The van der Waals surface area contributed by atoms with Crippen LogP contribution in [0.3, 0.4) is 0 Å². The Bertz CT molecular complexity index is 43.7.